The summed E-state index contributed by atoms with van der Waals surface area (Å²) in [5.41, 5.74) is 1.57. The third-order valence-electron chi connectivity index (χ3n) is 4.40. The smallest absolute Gasteiger partial charge is 0.276 e. The summed E-state index contributed by atoms with van der Waals surface area (Å²) in [6.45, 7) is 5.41. The highest BCUT2D eigenvalue weighted by Crippen LogP contribution is 2.27. The Labute approximate surface area is 172 Å². The Balaban J connectivity index is 1.79. The van der Waals surface area contributed by atoms with Gasteiger partial charge in [-0.15, -0.1) is 0 Å². The third kappa shape index (κ3) is 4.28. The van der Waals surface area contributed by atoms with E-state index in [9.17, 15) is 18.3 Å². The molecule has 0 aliphatic rings. The SMILES string of the molecule is CCS(=O)(=O)c1ccc(O)c(NC(=O)c2ccn(Cn3nc(C)c(Cl)c3C)n2)c1. The van der Waals surface area contributed by atoms with E-state index in [0.29, 0.717) is 10.7 Å². The first kappa shape index (κ1) is 20.9. The number of phenolic OH excluding ortho intramolecular Hbond substituents is 1. The monoisotopic (exact) mass is 437 g/mol. The van der Waals surface area contributed by atoms with E-state index in [-0.39, 0.29) is 34.4 Å². The summed E-state index contributed by atoms with van der Waals surface area (Å²) in [7, 11) is -3.48. The van der Waals surface area contributed by atoms with Crippen molar-refractivity contribution < 1.29 is 18.3 Å². The predicted molar refractivity (Wildman–Crippen MR) is 108 cm³/mol. The number of aryl methyl sites for hydroxylation is 1. The number of amides is 1. The van der Waals surface area contributed by atoms with Gasteiger partial charge in [0.2, 0.25) is 0 Å². The standard InChI is InChI=1S/C18H20ClN5O4S/c1-4-29(27,28)13-5-6-16(25)15(9-13)20-18(26)14-7-8-23(22-14)10-24-12(3)17(19)11(2)21-24/h5-9,25H,4,10H2,1-3H3,(H,20,26). The van der Waals surface area contributed by atoms with Crippen LogP contribution in [0.4, 0.5) is 5.69 Å². The van der Waals surface area contributed by atoms with Crippen molar-refractivity contribution >= 4 is 33.0 Å². The summed E-state index contributed by atoms with van der Waals surface area (Å²) in [6, 6.07) is 5.24. The van der Waals surface area contributed by atoms with E-state index in [1.165, 1.54) is 35.9 Å². The molecule has 29 heavy (non-hydrogen) atoms. The van der Waals surface area contributed by atoms with Gasteiger partial charge in [-0.2, -0.15) is 10.2 Å². The number of hydrogen-bond donors (Lipinski definition) is 2. The molecule has 0 saturated heterocycles. The van der Waals surface area contributed by atoms with Gasteiger partial charge < -0.3 is 10.4 Å². The Morgan fingerprint density at radius 1 is 1.24 bits per heavy atom. The number of nitrogens with one attached hydrogen (secondary N) is 1. The molecule has 0 bridgehead atoms. The molecular formula is C18H20ClN5O4S. The number of aromatic hydroxyl groups is 1. The molecule has 2 heterocycles. The minimum Gasteiger partial charge on any atom is -0.506 e. The lowest BCUT2D eigenvalue weighted by atomic mass is 10.3. The van der Waals surface area contributed by atoms with E-state index in [1.54, 1.807) is 17.8 Å². The fraction of sp³-hybridized carbons (Fsp3) is 0.278. The zero-order valence-electron chi connectivity index (χ0n) is 16.0. The molecule has 0 fully saturated rings. The molecular weight excluding hydrogens is 418 g/mol. The third-order valence-corrected chi connectivity index (χ3v) is 6.68. The number of phenols is 1. The van der Waals surface area contributed by atoms with Gasteiger partial charge in [-0.1, -0.05) is 18.5 Å². The maximum atomic E-state index is 12.5. The highest BCUT2D eigenvalue weighted by Gasteiger charge is 2.17. The first-order chi connectivity index (χ1) is 13.6. The van der Waals surface area contributed by atoms with Gasteiger partial charge in [-0.25, -0.2) is 13.1 Å². The Kier molecular flexibility index (Phi) is 5.67. The number of sulfone groups is 1. The number of aromatic nitrogens is 4. The highest BCUT2D eigenvalue weighted by molar-refractivity contribution is 7.91. The molecule has 0 aliphatic heterocycles. The number of rotatable bonds is 6. The second-order valence-electron chi connectivity index (χ2n) is 6.40. The van der Waals surface area contributed by atoms with E-state index < -0.39 is 15.7 Å². The molecule has 11 heteroatoms. The van der Waals surface area contributed by atoms with Crippen LogP contribution in [0.3, 0.4) is 0 Å². The maximum Gasteiger partial charge on any atom is 0.276 e. The quantitative estimate of drug-likeness (QED) is 0.572. The molecule has 9 nitrogen and oxygen atoms in total. The molecule has 0 atom stereocenters. The molecule has 0 unspecified atom stereocenters. The van der Waals surface area contributed by atoms with Gasteiger partial charge in [-0.05, 0) is 38.1 Å². The van der Waals surface area contributed by atoms with Crippen molar-refractivity contribution in [2.75, 3.05) is 11.1 Å². The molecule has 0 saturated carbocycles. The lowest BCUT2D eigenvalue weighted by Gasteiger charge is -2.09. The fourth-order valence-electron chi connectivity index (χ4n) is 2.67. The summed E-state index contributed by atoms with van der Waals surface area (Å²) in [4.78, 5) is 12.5. The van der Waals surface area contributed by atoms with E-state index in [0.717, 1.165) is 5.69 Å². The molecule has 2 aromatic heterocycles. The number of hydrogen-bond acceptors (Lipinski definition) is 6. The number of nitrogens with zero attached hydrogens (tertiary/aromatic N) is 4. The Bertz CT molecular complexity index is 1180. The van der Waals surface area contributed by atoms with Crippen LogP contribution in [-0.4, -0.2) is 44.7 Å². The van der Waals surface area contributed by atoms with Crippen molar-refractivity contribution in [3.8, 4) is 5.75 Å². The van der Waals surface area contributed by atoms with Gasteiger partial charge in [-0.3, -0.25) is 9.48 Å². The number of halogens is 1. The van der Waals surface area contributed by atoms with Gasteiger partial charge in [0.25, 0.3) is 5.91 Å². The van der Waals surface area contributed by atoms with Crippen molar-refractivity contribution in [3.63, 3.8) is 0 Å². The molecule has 2 N–H and O–H groups in total. The maximum absolute atomic E-state index is 12.5. The van der Waals surface area contributed by atoms with Crippen LogP contribution in [0.2, 0.25) is 5.02 Å². The van der Waals surface area contributed by atoms with Crippen molar-refractivity contribution in [2.45, 2.75) is 32.3 Å². The van der Waals surface area contributed by atoms with E-state index in [2.05, 4.69) is 15.5 Å². The molecule has 1 amide bonds. The fourth-order valence-corrected chi connectivity index (χ4v) is 3.71. The number of benzene rings is 1. The minimum atomic E-state index is -3.48. The summed E-state index contributed by atoms with van der Waals surface area (Å²) in [5.74, 6) is -0.923. The van der Waals surface area contributed by atoms with Crippen LogP contribution in [0.15, 0.2) is 35.4 Å². The lowest BCUT2D eigenvalue weighted by molar-refractivity contribution is 0.102. The number of carbonyl (C=O) groups is 1. The van der Waals surface area contributed by atoms with Gasteiger partial charge in [0.05, 0.1) is 32.7 Å². The first-order valence-corrected chi connectivity index (χ1v) is 10.8. The Morgan fingerprint density at radius 3 is 2.59 bits per heavy atom. The summed E-state index contributed by atoms with van der Waals surface area (Å²) < 4.78 is 27.2. The summed E-state index contributed by atoms with van der Waals surface area (Å²) >= 11 is 6.14. The van der Waals surface area contributed by atoms with E-state index in [4.69, 9.17) is 11.6 Å². The molecule has 1 aromatic carbocycles. The van der Waals surface area contributed by atoms with Crippen LogP contribution in [0.25, 0.3) is 0 Å². The van der Waals surface area contributed by atoms with Crippen molar-refractivity contribution in [3.05, 3.63) is 52.6 Å². The van der Waals surface area contributed by atoms with Gasteiger partial charge in [0.15, 0.2) is 15.5 Å². The first-order valence-electron chi connectivity index (χ1n) is 8.72. The largest absolute Gasteiger partial charge is 0.506 e. The zero-order chi connectivity index (χ0) is 21.3. The summed E-state index contributed by atoms with van der Waals surface area (Å²) in [5, 5.41) is 21.5. The molecule has 3 rings (SSSR count). The predicted octanol–water partition coefficient (Wildman–Crippen LogP) is 2.61. The number of carbonyl (C=O) groups excluding carboxylic acids is 1. The average Bonchev–Trinajstić information content (AvgIpc) is 3.24. The van der Waals surface area contributed by atoms with Crippen LogP contribution in [-0.2, 0) is 16.5 Å². The van der Waals surface area contributed by atoms with E-state index in [1.807, 2.05) is 6.92 Å². The van der Waals surface area contributed by atoms with Crippen LogP contribution in [0.5, 0.6) is 5.75 Å². The number of anilines is 1. The second kappa shape index (κ2) is 7.88. The Morgan fingerprint density at radius 2 is 1.97 bits per heavy atom. The summed E-state index contributed by atoms with van der Waals surface area (Å²) in [6.07, 6.45) is 1.61. The van der Waals surface area contributed by atoms with Crippen LogP contribution >= 0.6 is 11.6 Å². The van der Waals surface area contributed by atoms with Gasteiger partial charge in [0, 0.05) is 6.20 Å². The van der Waals surface area contributed by atoms with Gasteiger partial charge >= 0.3 is 0 Å². The normalized spacial score (nSPS) is 11.6. The highest BCUT2D eigenvalue weighted by atomic mass is 35.5. The van der Waals surface area contributed by atoms with Crippen molar-refractivity contribution in [1.82, 2.24) is 19.6 Å². The molecule has 3 aromatic rings. The van der Waals surface area contributed by atoms with Crippen molar-refractivity contribution in [1.29, 1.82) is 0 Å². The molecule has 0 radical (unpaired) electrons. The molecule has 0 spiro atoms. The van der Waals surface area contributed by atoms with Crippen LogP contribution in [0, 0.1) is 13.8 Å². The lowest BCUT2D eigenvalue weighted by Crippen LogP contribution is -2.16. The van der Waals surface area contributed by atoms with Crippen LogP contribution in [0.1, 0.15) is 28.8 Å². The van der Waals surface area contributed by atoms with E-state index >= 15 is 0 Å². The van der Waals surface area contributed by atoms with Gasteiger partial charge in [0.1, 0.15) is 12.4 Å². The zero-order valence-corrected chi connectivity index (χ0v) is 17.6. The topological polar surface area (TPSA) is 119 Å². The Hall–Kier alpha value is -2.85. The van der Waals surface area contributed by atoms with Crippen LogP contribution < -0.4 is 5.32 Å². The van der Waals surface area contributed by atoms with Crippen molar-refractivity contribution in [2.24, 2.45) is 0 Å². The second-order valence-corrected chi connectivity index (χ2v) is 9.06. The molecule has 154 valence electrons. The average molecular weight is 438 g/mol. The minimum absolute atomic E-state index is 0.00981. The molecule has 0 aliphatic carbocycles.